The summed E-state index contributed by atoms with van der Waals surface area (Å²) in [5, 5.41) is 13.8. The van der Waals surface area contributed by atoms with Gasteiger partial charge in [0.1, 0.15) is 0 Å². The molecule has 4 nitrogen and oxygen atoms in total. The molecule has 1 N–H and O–H groups in total. The van der Waals surface area contributed by atoms with Crippen LogP contribution in [0.1, 0.15) is 19.3 Å². The molecule has 1 atom stereocenters. The third-order valence-corrected chi connectivity index (χ3v) is 2.62. The Bertz CT molecular complexity index is 294. The summed E-state index contributed by atoms with van der Waals surface area (Å²) in [5.74, 6) is 0. The minimum atomic E-state index is -0.288. The van der Waals surface area contributed by atoms with E-state index in [2.05, 4.69) is 5.32 Å². The van der Waals surface area contributed by atoms with Crippen molar-refractivity contribution in [3.63, 3.8) is 0 Å². The largest absolute Gasteiger partial charge is 0.310 e. The normalized spacial score (nSPS) is 27.2. The number of rotatable bonds is 1. The Morgan fingerprint density at radius 3 is 3.15 bits per heavy atom. The van der Waals surface area contributed by atoms with Crippen LogP contribution < -0.4 is 5.32 Å². The number of fused-ring (bicyclic) bond motifs is 1. The van der Waals surface area contributed by atoms with E-state index in [-0.39, 0.29) is 11.0 Å². The first-order valence-electron chi connectivity index (χ1n) is 4.55. The van der Waals surface area contributed by atoms with Gasteiger partial charge in [-0.1, -0.05) is 11.6 Å². The molecule has 1 fully saturated rings. The fraction of sp³-hybridized carbons (Fsp3) is 0.556. The van der Waals surface area contributed by atoms with Crippen molar-refractivity contribution in [3.05, 3.63) is 33.5 Å². The van der Waals surface area contributed by atoms with Gasteiger partial charge in [0.25, 0.3) is 0 Å². The summed E-state index contributed by atoms with van der Waals surface area (Å²) in [6.45, 7) is 0.979. The van der Waals surface area contributed by atoms with Crippen LogP contribution in [0, 0.1) is 10.1 Å². The smallest absolute Gasteiger partial charge is 0.248 e. The molecule has 1 unspecified atom stereocenters. The molecular weight excluding hydrogens is 168 g/mol. The summed E-state index contributed by atoms with van der Waals surface area (Å²) in [6, 6.07) is 0.221. The van der Waals surface area contributed by atoms with Gasteiger partial charge >= 0.3 is 0 Å². The predicted octanol–water partition coefficient (Wildman–Crippen LogP) is 1.23. The lowest BCUT2D eigenvalue weighted by molar-refractivity contribution is -0.428. The van der Waals surface area contributed by atoms with E-state index in [4.69, 9.17) is 0 Å². The molecule has 0 aromatic carbocycles. The number of hydrogen-bond acceptors (Lipinski definition) is 3. The van der Waals surface area contributed by atoms with Crippen molar-refractivity contribution >= 4 is 0 Å². The van der Waals surface area contributed by atoms with Crippen LogP contribution in [-0.2, 0) is 0 Å². The summed E-state index contributed by atoms with van der Waals surface area (Å²) in [5.41, 5.74) is 1.64. The summed E-state index contributed by atoms with van der Waals surface area (Å²) >= 11 is 0. The quantitative estimate of drug-likeness (QED) is 0.487. The van der Waals surface area contributed by atoms with Crippen LogP contribution in [0.15, 0.2) is 23.4 Å². The van der Waals surface area contributed by atoms with Gasteiger partial charge in [0.05, 0.1) is 11.3 Å². The van der Waals surface area contributed by atoms with Crippen molar-refractivity contribution in [2.75, 3.05) is 6.54 Å². The molecule has 1 aliphatic carbocycles. The summed E-state index contributed by atoms with van der Waals surface area (Å²) < 4.78 is 0. The maximum Gasteiger partial charge on any atom is 0.248 e. The van der Waals surface area contributed by atoms with Gasteiger partial charge in [0, 0.05) is 12.1 Å². The van der Waals surface area contributed by atoms with Crippen molar-refractivity contribution in [2.45, 2.75) is 25.3 Å². The third-order valence-electron chi connectivity index (χ3n) is 2.62. The van der Waals surface area contributed by atoms with E-state index in [0.29, 0.717) is 12.1 Å². The van der Waals surface area contributed by atoms with E-state index in [9.17, 15) is 10.1 Å². The molecule has 2 aliphatic rings. The molecule has 4 heteroatoms. The SMILES string of the molecule is O=[N+]([O-])C1=CC=C2CCCNC2C1. The Balaban J connectivity index is 2.18. The molecule has 70 valence electrons. The zero-order valence-electron chi connectivity index (χ0n) is 7.32. The molecular formula is C9H12N2O2. The first-order valence-corrected chi connectivity index (χ1v) is 4.55. The van der Waals surface area contributed by atoms with E-state index in [0.717, 1.165) is 19.4 Å². The van der Waals surface area contributed by atoms with Gasteiger partial charge in [0.15, 0.2) is 0 Å². The zero-order chi connectivity index (χ0) is 9.26. The van der Waals surface area contributed by atoms with E-state index in [1.54, 1.807) is 6.08 Å². The number of piperidine rings is 1. The first-order chi connectivity index (χ1) is 6.27. The Labute approximate surface area is 76.5 Å². The van der Waals surface area contributed by atoms with E-state index < -0.39 is 0 Å². The molecule has 1 saturated heterocycles. The van der Waals surface area contributed by atoms with Gasteiger partial charge in [-0.2, -0.15) is 0 Å². The Morgan fingerprint density at radius 1 is 1.54 bits per heavy atom. The lowest BCUT2D eigenvalue weighted by Crippen LogP contribution is -2.38. The highest BCUT2D eigenvalue weighted by atomic mass is 16.6. The molecule has 0 radical (unpaired) electrons. The Hall–Kier alpha value is -1.16. The van der Waals surface area contributed by atoms with Crippen LogP contribution in [0.4, 0.5) is 0 Å². The van der Waals surface area contributed by atoms with Crippen LogP contribution in [0.5, 0.6) is 0 Å². The van der Waals surface area contributed by atoms with Gasteiger partial charge in [-0.05, 0) is 19.4 Å². The highest BCUT2D eigenvalue weighted by Crippen LogP contribution is 2.25. The number of allylic oxidation sites excluding steroid dienone is 2. The fourth-order valence-electron chi connectivity index (χ4n) is 1.89. The van der Waals surface area contributed by atoms with Crippen LogP contribution in [-0.4, -0.2) is 17.5 Å². The topological polar surface area (TPSA) is 55.2 Å². The maximum atomic E-state index is 10.5. The first kappa shape index (κ1) is 8.44. The van der Waals surface area contributed by atoms with Crippen molar-refractivity contribution in [2.24, 2.45) is 0 Å². The minimum Gasteiger partial charge on any atom is -0.310 e. The van der Waals surface area contributed by atoms with Crippen molar-refractivity contribution < 1.29 is 4.92 Å². The predicted molar refractivity (Wildman–Crippen MR) is 48.8 cm³/mol. The lowest BCUT2D eigenvalue weighted by atomic mass is 9.90. The van der Waals surface area contributed by atoms with Gasteiger partial charge < -0.3 is 5.32 Å². The van der Waals surface area contributed by atoms with E-state index >= 15 is 0 Å². The van der Waals surface area contributed by atoms with Gasteiger partial charge in [0.2, 0.25) is 5.70 Å². The minimum absolute atomic E-state index is 0.221. The fourth-order valence-corrected chi connectivity index (χ4v) is 1.89. The molecule has 2 rings (SSSR count). The van der Waals surface area contributed by atoms with Crippen LogP contribution in [0.2, 0.25) is 0 Å². The van der Waals surface area contributed by atoms with Gasteiger partial charge in [-0.25, -0.2) is 0 Å². The van der Waals surface area contributed by atoms with Crippen LogP contribution >= 0.6 is 0 Å². The maximum absolute atomic E-state index is 10.5. The number of nitrogens with one attached hydrogen (secondary N) is 1. The van der Waals surface area contributed by atoms with Crippen LogP contribution in [0.25, 0.3) is 0 Å². The summed E-state index contributed by atoms with van der Waals surface area (Å²) in [7, 11) is 0. The van der Waals surface area contributed by atoms with Gasteiger partial charge in [-0.3, -0.25) is 10.1 Å². The second kappa shape index (κ2) is 3.30. The highest BCUT2D eigenvalue weighted by molar-refractivity contribution is 5.27. The second-order valence-corrected chi connectivity index (χ2v) is 3.47. The lowest BCUT2D eigenvalue weighted by Gasteiger charge is -2.27. The molecule has 13 heavy (non-hydrogen) atoms. The number of nitrogens with zero attached hydrogens (tertiary/aromatic N) is 1. The molecule has 1 heterocycles. The standard InChI is InChI=1S/C9H12N2O2/c12-11(13)8-4-3-7-2-1-5-10-9(7)6-8/h3-4,9-10H,1-2,5-6H2. The molecule has 0 saturated carbocycles. The monoisotopic (exact) mass is 180 g/mol. The molecule has 0 bridgehead atoms. The summed E-state index contributed by atoms with van der Waals surface area (Å²) in [4.78, 5) is 10.2. The third kappa shape index (κ3) is 1.62. The number of nitro groups is 1. The van der Waals surface area contributed by atoms with Crippen molar-refractivity contribution in [3.8, 4) is 0 Å². The highest BCUT2D eigenvalue weighted by Gasteiger charge is 2.26. The van der Waals surface area contributed by atoms with Crippen LogP contribution in [0.3, 0.4) is 0 Å². The van der Waals surface area contributed by atoms with Crippen molar-refractivity contribution in [1.29, 1.82) is 0 Å². The van der Waals surface area contributed by atoms with Gasteiger partial charge in [-0.15, -0.1) is 0 Å². The summed E-state index contributed by atoms with van der Waals surface area (Å²) in [6.07, 6.45) is 6.30. The Morgan fingerprint density at radius 2 is 2.38 bits per heavy atom. The molecule has 0 spiro atoms. The van der Waals surface area contributed by atoms with Crippen molar-refractivity contribution in [1.82, 2.24) is 5.32 Å². The molecule has 0 aromatic heterocycles. The van der Waals surface area contributed by atoms with E-state index in [1.807, 2.05) is 6.08 Å². The number of hydrogen-bond donors (Lipinski definition) is 1. The molecule has 1 aliphatic heterocycles. The second-order valence-electron chi connectivity index (χ2n) is 3.47. The molecule has 0 amide bonds. The molecule has 0 aromatic rings. The average molecular weight is 180 g/mol. The van der Waals surface area contributed by atoms with E-state index in [1.165, 1.54) is 5.57 Å². The average Bonchev–Trinajstić information content (AvgIpc) is 2.17. The zero-order valence-corrected chi connectivity index (χ0v) is 7.32. The Kier molecular flexibility index (Phi) is 2.14.